The summed E-state index contributed by atoms with van der Waals surface area (Å²) in [7, 11) is 0. The molecule has 2 heteroatoms. The smallest absolute Gasteiger partial charge is 0.188 e. The van der Waals surface area contributed by atoms with Gasteiger partial charge in [-0.25, -0.2) is 0 Å². The Labute approximate surface area is 61.2 Å². The quantitative estimate of drug-likeness (QED) is 0.522. The van der Waals surface area contributed by atoms with Crippen LogP contribution in [0.25, 0.3) is 0 Å². The Hall–Kier alpha value is 0.0200. The molecule has 1 nitrogen and oxygen atoms in total. The van der Waals surface area contributed by atoms with Gasteiger partial charge in [-0.2, -0.15) is 0 Å². The summed E-state index contributed by atoms with van der Waals surface area (Å²) in [6, 6.07) is 0. The summed E-state index contributed by atoms with van der Waals surface area (Å²) in [6.07, 6.45) is 3.16. The second-order valence-corrected chi connectivity index (χ2v) is 2.83. The van der Waals surface area contributed by atoms with E-state index in [2.05, 4.69) is 0 Å². The van der Waals surface area contributed by atoms with Crippen LogP contribution in [0.2, 0.25) is 0 Å². The molecule has 0 bridgehead atoms. The zero-order chi connectivity index (χ0) is 7.11. The molecule has 1 aliphatic rings. The van der Waals surface area contributed by atoms with Crippen LogP contribution < -0.4 is 0 Å². The average molecular weight is 146 g/mol. The molecule has 0 spiro atoms. The summed E-state index contributed by atoms with van der Waals surface area (Å²) in [5, 5.41) is 0.381. The first-order valence-electron chi connectivity index (χ1n) is 3.55. The van der Waals surface area contributed by atoms with Gasteiger partial charge in [-0.1, -0.05) is 25.6 Å². The minimum absolute atomic E-state index is 0.381. The number of carbonyl (C=O) groups is 1. The summed E-state index contributed by atoms with van der Waals surface area (Å²) >= 11 is 1.48. The Morgan fingerprint density at radius 1 is 1.33 bits per heavy atom. The first-order chi connectivity index (χ1) is 4.39. The summed E-state index contributed by atoms with van der Waals surface area (Å²) in [4.78, 5) is 10.4. The third-order valence-electron chi connectivity index (χ3n) is 1.04. The third-order valence-corrected chi connectivity index (χ3v) is 2.06. The van der Waals surface area contributed by atoms with E-state index in [9.17, 15) is 4.79 Å². The van der Waals surface area contributed by atoms with Crippen molar-refractivity contribution in [2.24, 2.45) is 0 Å². The Kier molecular flexibility index (Phi) is 6.16. The summed E-state index contributed by atoms with van der Waals surface area (Å²) in [5.41, 5.74) is 0. The molecule has 1 aliphatic heterocycles. The van der Waals surface area contributed by atoms with E-state index in [0.29, 0.717) is 5.12 Å². The molecule has 0 radical (unpaired) electrons. The van der Waals surface area contributed by atoms with Gasteiger partial charge in [0.2, 0.25) is 0 Å². The fraction of sp³-hybridized carbons (Fsp3) is 0.857. The number of carbonyl (C=O) groups excluding carboxylic acids is 1. The van der Waals surface area contributed by atoms with Gasteiger partial charge in [-0.15, -0.1) is 0 Å². The highest BCUT2D eigenvalue weighted by Crippen LogP contribution is 2.17. The van der Waals surface area contributed by atoms with Crippen molar-refractivity contribution in [3.63, 3.8) is 0 Å². The van der Waals surface area contributed by atoms with Crippen molar-refractivity contribution in [2.75, 3.05) is 5.75 Å². The molecule has 0 unspecified atom stereocenters. The maximum atomic E-state index is 10.4. The maximum Gasteiger partial charge on any atom is 0.188 e. The van der Waals surface area contributed by atoms with Gasteiger partial charge in [0.1, 0.15) is 0 Å². The molecule has 0 aromatic rings. The fourth-order valence-electron chi connectivity index (χ4n) is 0.630. The molecule has 1 heterocycles. The number of thioether (sulfide) groups is 1. The van der Waals surface area contributed by atoms with E-state index < -0.39 is 0 Å². The van der Waals surface area contributed by atoms with Gasteiger partial charge < -0.3 is 0 Å². The molecule has 0 saturated carbocycles. The van der Waals surface area contributed by atoms with Crippen molar-refractivity contribution in [3.05, 3.63) is 0 Å². The van der Waals surface area contributed by atoms with Gasteiger partial charge in [0.05, 0.1) is 0 Å². The summed E-state index contributed by atoms with van der Waals surface area (Å²) in [6.45, 7) is 4.00. The maximum absolute atomic E-state index is 10.4. The standard InChI is InChI=1S/C5H8OS.C2H6/c6-5-3-1-2-4-7-5;1-2/h1-4H2;1-2H3. The molecular weight excluding hydrogens is 132 g/mol. The average Bonchev–Trinajstić information content (AvgIpc) is 1.94. The highest BCUT2D eigenvalue weighted by molar-refractivity contribution is 8.13. The van der Waals surface area contributed by atoms with Gasteiger partial charge in [0, 0.05) is 12.2 Å². The van der Waals surface area contributed by atoms with Crippen molar-refractivity contribution in [1.29, 1.82) is 0 Å². The van der Waals surface area contributed by atoms with Crippen molar-refractivity contribution in [3.8, 4) is 0 Å². The number of rotatable bonds is 0. The van der Waals surface area contributed by atoms with Crippen LogP contribution in [-0.4, -0.2) is 10.9 Å². The largest absolute Gasteiger partial charge is 0.287 e. The molecule has 0 amide bonds. The monoisotopic (exact) mass is 146 g/mol. The molecule has 54 valence electrons. The van der Waals surface area contributed by atoms with Crippen molar-refractivity contribution >= 4 is 16.9 Å². The van der Waals surface area contributed by atoms with Crippen LogP contribution >= 0.6 is 11.8 Å². The van der Waals surface area contributed by atoms with E-state index in [1.54, 1.807) is 0 Å². The van der Waals surface area contributed by atoms with E-state index in [1.165, 1.54) is 18.2 Å². The minimum Gasteiger partial charge on any atom is -0.287 e. The molecule has 0 atom stereocenters. The van der Waals surface area contributed by atoms with Crippen molar-refractivity contribution in [2.45, 2.75) is 33.1 Å². The molecule has 0 aromatic carbocycles. The zero-order valence-electron chi connectivity index (χ0n) is 6.14. The number of hydrogen-bond acceptors (Lipinski definition) is 2. The topological polar surface area (TPSA) is 17.1 Å². The van der Waals surface area contributed by atoms with E-state index >= 15 is 0 Å². The van der Waals surface area contributed by atoms with Crippen LogP contribution in [0.15, 0.2) is 0 Å². The highest BCUT2D eigenvalue weighted by Gasteiger charge is 2.06. The van der Waals surface area contributed by atoms with Crippen LogP contribution in [0.1, 0.15) is 33.1 Å². The Bertz CT molecular complexity index is 73.0. The molecule has 1 saturated heterocycles. The molecular formula is C7H14OS. The predicted molar refractivity (Wildman–Crippen MR) is 42.7 cm³/mol. The predicted octanol–water partition coefficient (Wildman–Crippen LogP) is 2.46. The Morgan fingerprint density at radius 2 is 2.00 bits per heavy atom. The van der Waals surface area contributed by atoms with Crippen LogP contribution in [0, 0.1) is 0 Å². The Morgan fingerprint density at radius 3 is 2.22 bits per heavy atom. The van der Waals surface area contributed by atoms with Crippen molar-refractivity contribution in [1.82, 2.24) is 0 Å². The summed E-state index contributed by atoms with van der Waals surface area (Å²) in [5.74, 6) is 1.05. The van der Waals surface area contributed by atoms with E-state index in [1.807, 2.05) is 13.8 Å². The second-order valence-electron chi connectivity index (χ2n) is 1.68. The van der Waals surface area contributed by atoms with Gasteiger partial charge in [-0.05, 0) is 12.8 Å². The fourth-order valence-corrected chi connectivity index (χ4v) is 1.49. The van der Waals surface area contributed by atoms with Gasteiger partial charge >= 0.3 is 0 Å². The van der Waals surface area contributed by atoms with Crippen molar-refractivity contribution < 1.29 is 4.79 Å². The van der Waals surface area contributed by atoms with Gasteiger partial charge in [-0.3, -0.25) is 4.79 Å². The van der Waals surface area contributed by atoms with E-state index in [4.69, 9.17) is 0 Å². The SMILES string of the molecule is CC.O=C1CCCCS1. The molecule has 1 fully saturated rings. The molecule has 0 aliphatic carbocycles. The number of hydrogen-bond donors (Lipinski definition) is 0. The lowest BCUT2D eigenvalue weighted by Gasteiger charge is -2.04. The molecule has 0 aromatic heterocycles. The van der Waals surface area contributed by atoms with E-state index in [-0.39, 0.29) is 0 Å². The first-order valence-corrected chi connectivity index (χ1v) is 4.54. The molecule has 0 N–H and O–H groups in total. The zero-order valence-corrected chi connectivity index (χ0v) is 6.96. The van der Waals surface area contributed by atoms with Gasteiger partial charge in [0.15, 0.2) is 5.12 Å². The van der Waals surface area contributed by atoms with Crippen LogP contribution in [0.5, 0.6) is 0 Å². The lowest BCUT2D eigenvalue weighted by atomic mass is 10.3. The lowest BCUT2D eigenvalue weighted by Crippen LogP contribution is -1.99. The van der Waals surface area contributed by atoms with Crippen LogP contribution in [-0.2, 0) is 4.79 Å². The highest BCUT2D eigenvalue weighted by atomic mass is 32.2. The van der Waals surface area contributed by atoms with E-state index in [0.717, 1.165) is 18.6 Å². The minimum atomic E-state index is 0.381. The molecule has 1 rings (SSSR count). The second kappa shape index (κ2) is 6.14. The first kappa shape index (κ1) is 9.02. The van der Waals surface area contributed by atoms with Crippen LogP contribution in [0.3, 0.4) is 0 Å². The summed E-state index contributed by atoms with van der Waals surface area (Å²) < 4.78 is 0. The molecule has 9 heavy (non-hydrogen) atoms. The normalized spacial score (nSPS) is 18.2. The van der Waals surface area contributed by atoms with Gasteiger partial charge in [0.25, 0.3) is 0 Å². The third kappa shape index (κ3) is 4.52. The lowest BCUT2D eigenvalue weighted by molar-refractivity contribution is -0.111. The Balaban J connectivity index is 0.000000291. The van der Waals surface area contributed by atoms with Crippen LogP contribution in [0.4, 0.5) is 0 Å².